The first-order valence-corrected chi connectivity index (χ1v) is 7.40. The molecule has 2 N–H and O–H groups in total. The number of benzene rings is 1. The quantitative estimate of drug-likeness (QED) is 0.858. The van der Waals surface area contributed by atoms with Gasteiger partial charge in [0.15, 0.2) is 0 Å². The summed E-state index contributed by atoms with van der Waals surface area (Å²) in [5.74, 6) is 0. The second kappa shape index (κ2) is 7.07. The molecule has 0 fully saturated rings. The summed E-state index contributed by atoms with van der Waals surface area (Å²) in [6, 6.07) is 7.08. The van der Waals surface area contributed by atoms with Gasteiger partial charge in [0.25, 0.3) is 0 Å². The van der Waals surface area contributed by atoms with Gasteiger partial charge in [0, 0.05) is 45.5 Å². The average Bonchev–Trinajstić information content (AvgIpc) is 2.46. The van der Waals surface area contributed by atoms with Crippen LogP contribution in [-0.2, 0) is 11.2 Å². The lowest BCUT2D eigenvalue weighted by Crippen LogP contribution is -2.33. The van der Waals surface area contributed by atoms with Crippen LogP contribution in [0.1, 0.15) is 23.6 Å². The van der Waals surface area contributed by atoms with Crippen LogP contribution in [0.3, 0.4) is 0 Å². The van der Waals surface area contributed by atoms with Crippen molar-refractivity contribution in [2.24, 2.45) is 5.73 Å². The maximum Gasteiger partial charge on any atom is 0.0589 e. The molecule has 1 unspecified atom stereocenters. The van der Waals surface area contributed by atoms with Crippen LogP contribution in [0.5, 0.6) is 0 Å². The number of nitrogens with two attached hydrogens (primary N) is 1. The SMILES string of the molecule is COCCN(C)C(CN)c1ccc2c(c1)CCCN2C. The molecule has 112 valence electrons. The van der Waals surface area contributed by atoms with E-state index in [9.17, 15) is 0 Å². The Bertz CT molecular complexity index is 436. The van der Waals surface area contributed by atoms with E-state index in [1.807, 2.05) is 0 Å². The van der Waals surface area contributed by atoms with Crippen LogP contribution in [0.2, 0.25) is 0 Å². The second-order valence-electron chi connectivity index (χ2n) is 5.64. The number of rotatable bonds is 6. The lowest BCUT2D eigenvalue weighted by molar-refractivity contribution is 0.140. The Balaban J connectivity index is 2.18. The van der Waals surface area contributed by atoms with E-state index in [0.29, 0.717) is 6.54 Å². The molecule has 2 rings (SSSR count). The highest BCUT2D eigenvalue weighted by molar-refractivity contribution is 5.56. The van der Waals surface area contributed by atoms with E-state index >= 15 is 0 Å². The highest BCUT2D eigenvalue weighted by Crippen LogP contribution is 2.29. The number of ether oxygens (including phenoxy) is 1. The Labute approximate surface area is 122 Å². The van der Waals surface area contributed by atoms with E-state index in [2.05, 4.69) is 42.1 Å². The molecule has 0 amide bonds. The van der Waals surface area contributed by atoms with Gasteiger partial charge < -0.3 is 15.4 Å². The maximum absolute atomic E-state index is 5.99. The van der Waals surface area contributed by atoms with E-state index < -0.39 is 0 Å². The van der Waals surface area contributed by atoms with Crippen LogP contribution in [0.15, 0.2) is 18.2 Å². The number of anilines is 1. The Morgan fingerprint density at radius 1 is 1.45 bits per heavy atom. The number of methoxy groups -OCH3 is 1. The van der Waals surface area contributed by atoms with Crippen LogP contribution in [0.25, 0.3) is 0 Å². The predicted molar refractivity (Wildman–Crippen MR) is 84.3 cm³/mol. The zero-order valence-electron chi connectivity index (χ0n) is 12.9. The molecule has 0 aliphatic carbocycles. The summed E-state index contributed by atoms with van der Waals surface area (Å²) in [5, 5.41) is 0. The molecule has 0 radical (unpaired) electrons. The fourth-order valence-corrected chi connectivity index (χ4v) is 2.97. The highest BCUT2D eigenvalue weighted by Gasteiger charge is 2.19. The molecule has 1 atom stereocenters. The van der Waals surface area contributed by atoms with Crippen molar-refractivity contribution in [1.29, 1.82) is 0 Å². The van der Waals surface area contributed by atoms with E-state index in [1.165, 1.54) is 29.7 Å². The number of hydrogen-bond donors (Lipinski definition) is 1. The molecule has 0 saturated heterocycles. The molecule has 4 nitrogen and oxygen atoms in total. The van der Waals surface area contributed by atoms with Crippen LogP contribution < -0.4 is 10.6 Å². The molecular formula is C16H27N3O. The van der Waals surface area contributed by atoms with Crippen molar-refractivity contribution >= 4 is 5.69 Å². The van der Waals surface area contributed by atoms with Crippen molar-refractivity contribution in [3.05, 3.63) is 29.3 Å². The molecule has 1 aliphatic heterocycles. The molecule has 1 aromatic rings. The molecule has 0 saturated carbocycles. The summed E-state index contributed by atoms with van der Waals surface area (Å²) in [6.07, 6.45) is 2.41. The molecule has 20 heavy (non-hydrogen) atoms. The molecule has 0 spiro atoms. The minimum absolute atomic E-state index is 0.266. The van der Waals surface area contributed by atoms with Crippen molar-refractivity contribution in [2.75, 3.05) is 52.3 Å². The van der Waals surface area contributed by atoms with E-state index in [0.717, 1.165) is 19.7 Å². The molecule has 0 aromatic heterocycles. The summed E-state index contributed by atoms with van der Waals surface area (Å²) in [7, 11) is 6.02. The Hall–Kier alpha value is -1.10. The standard InChI is InChI=1S/C16H27N3O/c1-18-8-4-5-13-11-14(6-7-15(13)18)16(12-17)19(2)9-10-20-3/h6-7,11,16H,4-5,8-10,12,17H2,1-3H3. The Morgan fingerprint density at radius 3 is 2.95 bits per heavy atom. The van der Waals surface area contributed by atoms with Gasteiger partial charge in [-0.15, -0.1) is 0 Å². The molecule has 0 bridgehead atoms. The average molecular weight is 277 g/mol. The Kier molecular flexibility index (Phi) is 5.40. The van der Waals surface area contributed by atoms with Crippen molar-refractivity contribution in [3.63, 3.8) is 0 Å². The highest BCUT2D eigenvalue weighted by atomic mass is 16.5. The van der Waals surface area contributed by atoms with Gasteiger partial charge in [-0.25, -0.2) is 0 Å². The lowest BCUT2D eigenvalue weighted by atomic mass is 9.96. The largest absolute Gasteiger partial charge is 0.383 e. The summed E-state index contributed by atoms with van der Waals surface area (Å²) < 4.78 is 5.16. The van der Waals surface area contributed by atoms with Crippen LogP contribution >= 0.6 is 0 Å². The van der Waals surface area contributed by atoms with E-state index in [1.54, 1.807) is 7.11 Å². The molecule has 1 aliphatic rings. The van der Waals surface area contributed by atoms with Gasteiger partial charge in [0.2, 0.25) is 0 Å². The van der Waals surface area contributed by atoms with Crippen LogP contribution in [0.4, 0.5) is 5.69 Å². The van der Waals surface area contributed by atoms with E-state index in [-0.39, 0.29) is 6.04 Å². The van der Waals surface area contributed by atoms with Gasteiger partial charge in [-0.05, 0) is 37.1 Å². The number of hydrogen-bond acceptors (Lipinski definition) is 4. The first kappa shape index (κ1) is 15.3. The normalized spacial score (nSPS) is 16.4. The fourth-order valence-electron chi connectivity index (χ4n) is 2.97. The van der Waals surface area contributed by atoms with Crippen molar-refractivity contribution in [2.45, 2.75) is 18.9 Å². The lowest BCUT2D eigenvalue weighted by Gasteiger charge is -2.31. The minimum Gasteiger partial charge on any atom is -0.383 e. The summed E-state index contributed by atoms with van der Waals surface area (Å²) in [6.45, 7) is 3.42. The first-order chi connectivity index (χ1) is 9.67. The van der Waals surface area contributed by atoms with Crippen molar-refractivity contribution in [1.82, 2.24) is 4.90 Å². The predicted octanol–water partition coefficient (Wildman–Crippen LogP) is 1.65. The molecule has 4 heteroatoms. The van der Waals surface area contributed by atoms with Gasteiger partial charge in [0.1, 0.15) is 0 Å². The van der Waals surface area contributed by atoms with Crippen molar-refractivity contribution in [3.8, 4) is 0 Å². The van der Waals surface area contributed by atoms with Gasteiger partial charge in [-0.3, -0.25) is 4.90 Å². The number of likely N-dealkylation sites (N-methyl/N-ethyl adjacent to an activating group) is 1. The molecular weight excluding hydrogens is 250 g/mol. The third-order valence-electron chi connectivity index (χ3n) is 4.24. The van der Waals surface area contributed by atoms with Gasteiger partial charge in [-0.1, -0.05) is 12.1 Å². The zero-order chi connectivity index (χ0) is 14.5. The third kappa shape index (κ3) is 3.32. The van der Waals surface area contributed by atoms with Crippen molar-refractivity contribution < 1.29 is 4.74 Å². The topological polar surface area (TPSA) is 41.7 Å². The van der Waals surface area contributed by atoms with Crippen LogP contribution in [0, 0.1) is 0 Å². The minimum atomic E-state index is 0.266. The zero-order valence-corrected chi connectivity index (χ0v) is 12.9. The first-order valence-electron chi connectivity index (χ1n) is 7.40. The summed E-state index contributed by atoms with van der Waals surface area (Å²) in [5.41, 5.74) is 10.1. The Morgan fingerprint density at radius 2 is 2.25 bits per heavy atom. The third-order valence-corrected chi connectivity index (χ3v) is 4.24. The molecule has 1 heterocycles. The fraction of sp³-hybridized carbons (Fsp3) is 0.625. The van der Waals surface area contributed by atoms with Gasteiger partial charge in [0.05, 0.1) is 6.61 Å². The number of aryl methyl sites for hydroxylation is 1. The van der Waals surface area contributed by atoms with E-state index in [4.69, 9.17) is 10.5 Å². The number of nitrogens with zero attached hydrogens (tertiary/aromatic N) is 2. The van der Waals surface area contributed by atoms with Gasteiger partial charge >= 0.3 is 0 Å². The second-order valence-corrected chi connectivity index (χ2v) is 5.64. The van der Waals surface area contributed by atoms with Gasteiger partial charge in [-0.2, -0.15) is 0 Å². The smallest absolute Gasteiger partial charge is 0.0589 e. The van der Waals surface area contributed by atoms with Crippen LogP contribution in [-0.4, -0.2) is 52.3 Å². The summed E-state index contributed by atoms with van der Waals surface area (Å²) >= 11 is 0. The number of fused-ring (bicyclic) bond motifs is 1. The monoisotopic (exact) mass is 277 g/mol. The molecule has 1 aromatic carbocycles. The maximum atomic E-state index is 5.99. The summed E-state index contributed by atoms with van der Waals surface area (Å²) in [4.78, 5) is 4.62.